The number of nitrogens with one attached hydrogen (secondary N) is 2. The summed E-state index contributed by atoms with van der Waals surface area (Å²) in [5, 5.41) is 15.9. The van der Waals surface area contributed by atoms with E-state index in [2.05, 4.69) is 10.6 Å². The van der Waals surface area contributed by atoms with Gasteiger partial charge in [0.05, 0.1) is 10.8 Å². The van der Waals surface area contributed by atoms with E-state index in [0.29, 0.717) is 19.0 Å². The number of hydrogen-bond donors (Lipinski definition) is 2. The van der Waals surface area contributed by atoms with E-state index in [1.165, 1.54) is 0 Å². The molecule has 1 amide bonds. The van der Waals surface area contributed by atoms with Crippen LogP contribution in [0.1, 0.15) is 12.8 Å². The van der Waals surface area contributed by atoms with E-state index in [9.17, 15) is 23.7 Å². The van der Waals surface area contributed by atoms with E-state index in [-0.39, 0.29) is 0 Å². The average molecular weight is 285 g/mol. The van der Waals surface area contributed by atoms with Crippen molar-refractivity contribution >= 4 is 17.3 Å². The first-order valence-electron chi connectivity index (χ1n) is 6.14. The van der Waals surface area contributed by atoms with Crippen molar-refractivity contribution in [2.24, 2.45) is 5.92 Å². The van der Waals surface area contributed by atoms with Crippen molar-refractivity contribution in [2.75, 3.05) is 18.4 Å². The smallest absolute Gasteiger partial charge is 0.296 e. The van der Waals surface area contributed by atoms with Crippen LogP contribution in [0.25, 0.3) is 0 Å². The van der Waals surface area contributed by atoms with Crippen LogP contribution in [0.4, 0.5) is 20.2 Å². The molecule has 8 heteroatoms. The van der Waals surface area contributed by atoms with Gasteiger partial charge in [0.25, 0.3) is 5.69 Å². The molecular weight excluding hydrogens is 272 g/mol. The van der Waals surface area contributed by atoms with Crippen LogP contribution in [0.3, 0.4) is 0 Å². The third-order valence-corrected chi connectivity index (χ3v) is 3.19. The molecule has 2 rings (SSSR count). The Bertz CT molecular complexity index is 545. The van der Waals surface area contributed by atoms with Crippen molar-refractivity contribution in [3.8, 4) is 0 Å². The highest BCUT2D eigenvalue weighted by molar-refractivity contribution is 5.95. The third-order valence-electron chi connectivity index (χ3n) is 3.19. The Morgan fingerprint density at radius 3 is 2.80 bits per heavy atom. The van der Waals surface area contributed by atoms with E-state index < -0.39 is 39.8 Å². The number of rotatable bonds is 3. The van der Waals surface area contributed by atoms with Crippen molar-refractivity contribution in [1.82, 2.24) is 5.32 Å². The fourth-order valence-corrected chi connectivity index (χ4v) is 2.11. The fraction of sp³-hybridized carbons (Fsp3) is 0.417. The maximum Gasteiger partial charge on any atom is 0.296 e. The minimum Gasteiger partial charge on any atom is -0.318 e. The van der Waals surface area contributed by atoms with Gasteiger partial charge in [-0.2, -0.15) is 0 Å². The van der Waals surface area contributed by atoms with E-state index >= 15 is 0 Å². The molecule has 0 aromatic heterocycles. The lowest BCUT2D eigenvalue weighted by atomic mass is 9.98. The number of amides is 1. The van der Waals surface area contributed by atoms with Gasteiger partial charge in [0.1, 0.15) is 0 Å². The fourth-order valence-electron chi connectivity index (χ4n) is 2.11. The maximum absolute atomic E-state index is 13.6. The summed E-state index contributed by atoms with van der Waals surface area (Å²) in [6.45, 7) is 1.20. The summed E-state index contributed by atoms with van der Waals surface area (Å²) in [4.78, 5) is 21.9. The molecule has 1 aliphatic heterocycles. The maximum atomic E-state index is 13.6. The molecule has 1 atom stereocenters. The standard InChI is InChI=1S/C12H13F2N3O3/c13-8-3-4-9(17(19)20)11(10(8)14)16-12(18)7-2-1-5-15-6-7/h3-4,7,15H,1-2,5-6H2,(H,16,18). The van der Waals surface area contributed by atoms with Crippen LogP contribution in [-0.4, -0.2) is 23.9 Å². The topological polar surface area (TPSA) is 84.3 Å². The zero-order chi connectivity index (χ0) is 14.7. The lowest BCUT2D eigenvalue weighted by Crippen LogP contribution is -2.37. The first-order chi connectivity index (χ1) is 9.50. The predicted molar refractivity (Wildman–Crippen MR) is 67.2 cm³/mol. The number of piperidine rings is 1. The molecule has 1 unspecified atom stereocenters. The van der Waals surface area contributed by atoms with Crippen LogP contribution >= 0.6 is 0 Å². The van der Waals surface area contributed by atoms with E-state index in [4.69, 9.17) is 0 Å². The lowest BCUT2D eigenvalue weighted by Gasteiger charge is -2.21. The number of nitro benzene ring substituents is 1. The van der Waals surface area contributed by atoms with Gasteiger partial charge in [-0.05, 0) is 25.5 Å². The number of benzene rings is 1. The van der Waals surface area contributed by atoms with Gasteiger partial charge in [-0.15, -0.1) is 0 Å². The van der Waals surface area contributed by atoms with Gasteiger partial charge in [0, 0.05) is 12.6 Å². The zero-order valence-corrected chi connectivity index (χ0v) is 10.5. The van der Waals surface area contributed by atoms with Crippen molar-refractivity contribution in [1.29, 1.82) is 0 Å². The summed E-state index contributed by atoms with van der Waals surface area (Å²) in [5.74, 6) is -3.63. The summed E-state index contributed by atoms with van der Waals surface area (Å²) in [6, 6.07) is 1.48. The van der Waals surface area contributed by atoms with Crippen LogP contribution in [0.5, 0.6) is 0 Å². The molecule has 108 valence electrons. The van der Waals surface area contributed by atoms with Crippen molar-refractivity contribution in [3.63, 3.8) is 0 Å². The normalized spacial score (nSPS) is 18.6. The predicted octanol–water partition coefficient (Wildman–Crippen LogP) is 1.81. The molecule has 1 aromatic carbocycles. The highest BCUT2D eigenvalue weighted by Crippen LogP contribution is 2.29. The van der Waals surface area contributed by atoms with Crippen molar-refractivity contribution < 1.29 is 18.5 Å². The first-order valence-corrected chi connectivity index (χ1v) is 6.14. The molecule has 2 N–H and O–H groups in total. The molecule has 0 radical (unpaired) electrons. The number of hydrogen-bond acceptors (Lipinski definition) is 4. The van der Waals surface area contributed by atoms with E-state index in [0.717, 1.165) is 19.0 Å². The van der Waals surface area contributed by atoms with Crippen molar-refractivity contribution in [3.05, 3.63) is 33.9 Å². The first kappa shape index (κ1) is 14.3. The molecule has 0 aliphatic carbocycles. The number of nitro groups is 1. The summed E-state index contributed by atoms with van der Waals surface area (Å²) >= 11 is 0. The van der Waals surface area contributed by atoms with Gasteiger partial charge in [-0.3, -0.25) is 14.9 Å². The number of carbonyl (C=O) groups excluding carboxylic acids is 1. The van der Waals surface area contributed by atoms with Crippen molar-refractivity contribution in [2.45, 2.75) is 12.8 Å². The summed E-state index contributed by atoms with van der Waals surface area (Å²) in [5.41, 5.74) is -1.38. The number of anilines is 1. The van der Waals surface area contributed by atoms with Gasteiger partial charge < -0.3 is 10.6 Å². The summed E-state index contributed by atoms with van der Waals surface area (Å²) in [7, 11) is 0. The molecule has 0 spiro atoms. The molecule has 6 nitrogen and oxygen atoms in total. The van der Waals surface area contributed by atoms with Crippen LogP contribution in [-0.2, 0) is 4.79 Å². The Balaban J connectivity index is 2.25. The van der Waals surface area contributed by atoms with Crippen LogP contribution in [0.15, 0.2) is 12.1 Å². The average Bonchev–Trinajstić information content (AvgIpc) is 2.44. The second-order valence-corrected chi connectivity index (χ2v) is 4.55. The van der Waals surface area contributed by atoms with Crippen LogP contribution in [0.2, 0.25) is 0 Å². The summed E-state index contributed by atoms with van der Waals surface area (Å²) in [6.07, 6.45) is 1.38. The molecule has 1 aliphatic rings. The van der Waals surface area contributed by atoms with E-state index in [1.807, 2.05) is 0 Å². The Hall–Kier alpha value is -2.09. The lowest BCUT2D eigenvalue weighted by molar-refractivity contribution is -0.384. The van der Waals surface area contributed by atoms with Gasteiger partial charge in [-0.25, -0.2) is 8.78 Å². The second kappa shape index (κ2) is 5.91. The molecule has 0 bridgehead atoms. The molecular formula is C12H13F2N3O3. The molecule has 0 saturated carbocycles. The third kappa shape index (κ3) is 2.90. The van der Waals surface area contributed by atoms with Crippen LogP contribution in [0, 0.1) is 27.7 Å². The number of halogens is 2. The van der Waals surface area contributed by atoms with Gasteiger partial charge >= 0.3 is 0 Å². The monoisotopic (exact) mass is 285 g/mol. The van der Waals surface area contributed by atoms with Gasteiger partial charge in [-0.1, -0.05) is 0 Å². The Morgan fingerprint density at radius 2 is 2.20 bits per heavy atom. The quantitative estimate of drug-likeness (QED) is 0.655. The van der Waals surface area contributed by atoms with Crippen LogP contribution < -0.4 is 10.6 Å². The Morgan fingerprint density at radius 1 is 1.45 bits per heavy atom. The number of carbonyl (C=O) groups is 1. The minimum atomic E-state index is -1.42. The second-order valence-electron chi connectivity index (χ2n) is 4.55. The SMILES string of the molecule is O=C(Nc1c([N+](=O)[O-])ccc(F)c1F)C1CCCNC1. The number of nitrogens with zero attached hydrogens (tertiary/aromatic N) is 1. The Labute approximate surface area is 113 Å². The molecule has 1 fully saturated rings. The zero-order valence-electron chi connectivity index (χ0n) is 10.5. The van der Waals surface area contributed by atoms with Gasteiger partial charge in [0.2, 0.25) is 5.91 Å². The van der Waals surface area contributed by atoms with Gasteiger partial charge in [0.15, 0.2) is 17.3 Å². The molecule has 1 heterocycles. The van der Waals surface area contributed by atoms with E-state index in [1.54, 1.807) is 0 Å². The summed E-state index contributed by atoms with van der Waals surface area (Å²) < 4.78 is 26.8. The highest BCUT2D eigenvalue weighted by Gasteiger charge is 2.27. The minimum absolute atomic E-state index is 0.411. The largest absolute Gasteiger partial charge is 0.318 e. The highest BCUT2D eigenvalue weighted by atomic mass is 19.2. The molecule has 1 aromatic rings. The molecule has 20 heavy (non-hydrogen) atoms. The Kier molecular flexibility index (Phi) is 4.23. The molecule has 1 saturated heterocycles.